The Morgan fingerprint density at radius 2 is 1.58 bits per heavy atom. The number of amides is 1. The number of aliphatic imine (C=N–C) groups is 1. The van der Waals surface area contributed by atoms with E-state index in [0.717, 1.165) is 23.3 Å². The van der Waals surface area contributed by atoms with Crippen molar-refractivity contribution in [3.63, 3.8) is 0 Å². The second kappa shape index (κ2) is 13.4. The summed E-state index contributed by atoms with van der Waals surface area (Å²) in [4.78, 5) is 18.8. The molecule has 2 N–H and O–H groups in total. The van der Waals surface area contributed by atoms with Crippen LogP contribution in [0, 0.1) is 11.6 Å². The molecule has 0 saturated carbocycles. The third-order valence-electron chi connectivity index (χ3n) is 7.29. The number of carbonyl (C=O) groups is 1. The second-order valence-electron chi connectivity index (χ2n) is 10.2. The Bertz CT molecular complexity index is 1570. The van der Waals surface area contributed by atoms with Crippen LogP contribution in [0.15, 0.2) is 115 Å². The summed E-state index contributed by atoms with van der Waals surface area (Å²) in [5.74, 6) is -1.19. The molecule has 4 aromatic carbocycles. The van der Waals surface area contributed by atoms with Gasteiger partial charge in [-0.15, -0.1) is 6.58 Å². The Kier molecular flexibility index (Phi) is 9.27. The molecular formula is C35H32F2N2O4. The lowest BCUT2D eigenvalue weighted by molar-refractivity contribution is -0.129. The Morgan fingerprint density at radius 1 is 0.930 bits per heavy atom. The van der Waals surface area contributed by atoms with E-state index in [9.17, 15) is 13.6 Å². The molecule has 0 fully saturated rings. The van der Waals surface area contributed by atoms with Crippen LogP contribution in [-0.4, -0.2) is 35.7 Å². The Morgan fingerprint density at radius 3 is 2.23 bits per heavy atom. The third-order valence-corrected chi connectivity index (χ3v) is 7.29. The van der Waals surface area contributed by atoms with E-state index in [-0.39, 0.29) is 31.0 Å². The normalized spacial score (nSPS) is 17.6. The van der Waals surface area contributed by atoms with Gasteiger partial charge in [-0.1, -0.05) is 66.7 Å². The second-order valence-corrected chi connectivity index (χ2v) is 10.2. The fourth-order valence-electron chi connectivity index (χ4n) is 5.04. The van der Waals surface area contributed by atoms with Crippen LogP contribution in [0.2, 0.25) is 0 Å². The molecule has 5 rings (SSSR count). The molecule has 0 saturated heterocycles. The summed E-state index contributed by atoms with van der Waals surface area (Å²) in [5, 5.41) is 11.7. The van der Waals surface area contributed by atoms with Gasteiger partial charge in [0.25, 0.3) is 5.91 Å². The van der Waals surface area contributed by atoms with Gasteiger partial charge >= 0.3 is 0 Å². The first-order valence-electron chi connectivity index (χ1n) is 14.0. The molecule has 0 aromatic heterocycles. The summed E-state index contributed by atoms with van der Waals surface area (Å²) < 4.78 is 40.8. The Balaban J connectivity index is 1.49. The van der Waals surface area contributed by atoms with Crippen LogP contribution in [0.3, 0.4) is 0 Å². The van der Waals surface area contributed by atoms with Crippen molar-refractivity contribution in [3.8, 4) is 16.9 Å². The largest absolute Gasteiger partial charge is 0.494 e. The third kappa shape index (κ3) is 6.49. The molecule has 8 heteroatoms. The van der Waals surface area contributed by atoms with Crippen LogP contribution in [-0.2, 0) is 16.1 Å². The highest BCUT2D eigenvalue weighted by Crippen LogP contribution is 2.43. The number of hydrogen-bond donors (Lipinski definition) is 2. The van der Waals surface area contributed by atoms with Crippen molar-refractivity contribution < 1.29 is 28.2 Å². The molecular weight excluding hydrogens is 550 g/mol. The number of rotatable bonds is 12. The molecule has 4 aromatic rings. The van der Waals surface area contributed by atoms with Gasteiger partial charge in [-0.25, -0.2) is 13.8 Å². The van der Waals surface area contributed by atoms with E-state index in [4.69, 9.17) is 19.6 Å². The van der Waals surface area contributed by atoms with Gasteiger partial charge in [-0.2, -0.15) is 0 Å². The van der Waals surface area contributed by atoms with Crippen molar-refractivity contribution >= 4 is 11.8 Å². The molecule has 2 atom stereocenters. The molecule has 1 aliphatic heterocycles. The quantitative estimate of drug-likeness (QED) is 0.147. The predicted molar refractivity (Wildman–Crippen MR) is 162 cm³/mol. The average molecular weight is 583 g/mol. The number of nitrogens with one attached hydrogen (secondary N) is 1. The van der Waals surface area contributed by atoms with Crippen molar-refractivity contribution in [1.82, 2.24) is 5.32 Å². The average Bonchev–Trinajstić information content (AvgIpc) is 3.42. The highest BCUT2D eigenvalue weighted by molar-refractivity contribution is 6.01. The fraction of sp³-hybridized carbons (Fsp3) is 0.200. The fourth-order valence-corrected chi connectivity index (χ4v) is 5.04. The summed E-state index contributed by atoms with van der Waals surface area (Å²) in [5.41, 5.74) is 1.63. The van der Waals surface area contributed by atoms with Crippen LogP contribution in [0.1, 0.15) is 35.6 Å². The SMILES string of the molecule is C=CC[C@@]1(C(=O)NCc2c(F)cccc2F)N=C(c2ccc(OCCCO)cc2)O[C@@H]1c1ccc(-c2ccccc2)cc1. The summed E-state index contributed by atoms with van der Waals surface area (Å²) in [7, 11) is 0. The first-order valence-corrected chi connectivity index (χ1v) is 14.0. The molecule has 0 spiro atoms. The minimum atomic E-state index is -1.50. The van der Waals surface area contributed by atoms with Gasteiger partial charge < -0.3 is 19.9 Å². The number of hydrogen-bond acceptors (Lipinski definition) is 5. The first kappa shape index (κ1) is 29.7. The van der Waals surface area contributed by atoms with Gasteiger partial charge in [0, 0.05) is 37.1 Å². The van der Waals surface area contributed by atoms with Gasteiger partial charge in [0.05, 0.1) is 6.61 Å². The van der Waals surface area contributed by atoms with Crippen LogP contribution in [0.25, 0.3) is 11.1 Å². The minimum absolute atomic E-state index is 0.0352. The molecule has 1 heterocycles. The lowest BCUT2D eigenvalue weighted by atomic mass is 9.84. The van der Waals surface area contributed by atoms with Crippen LogP contribution < -0.4 is 10.1 Å². The Labute approximate surface area is 249 Å². The van der Waals surface area contributed by atoms with Crippen LogP contribution in [0.5, 0.6) is 5.75 Å². The van der Waals surface area contributed by atoms with Gasteiger partial charge in [0.15, 0.2) is 11.6 Å². The first-order chi connectivity index (χ1) is 20.9. The van der Waals surface area contributed by atoms with E-state index >= 15 is 0 Å². The Hall–Kier alpha value is -4.82. The van der Waals surface area contributed by atoms with E-state index in [1.807, 2.05) is 54.6 Å². The minimum Gasteiger partial charge on any atom is -0.494 e. The molecule has 1 aliphatic rings. The zero-order chi connectivity index (χ0) is 30.2. The van der Waals surface area contributed by atoms with Crippen molar-refractivity contribution in [2.24, 2.45) is 4.99 Å². The van der Waals surface area contributed by atoms with E-state index in [1.165, 1.54) is 6.07 Å². The standard InChI is InChI=1S/C35H32F2N2O4/c1-2-20-35(34(41)38-23-29-30(36)10-6-11-31(29)37)32(26-14-12-25(13-15-26)24-8-4-3-5-9-24)43-33(39-35)27-16-18-28(19-17-27)42-22-7-21-40/h2-6,8-19,32,40H,1,7,20-23H2,(H,38,41)/t32-,35-/m1/s1. The summed E-state index contributed by atoms with van der Waals surface area (Å²) in [6.07, 6.45) is 1.35. The maximum Gasteiger partial charge on any atom is 0.252 e. The highest BCUT2D eigenvalue weighted by atomic mass is 19.1. The van der Waals surface area contributed by atoms with Crippen molar-refractivity contribution in [2.45, 2.75) is 31.0 Å². The van der Waals surface area contributed by atoms with E-state index in [0.29, 0.717) is 29.9 Å². The van der Waals surface area contributed by atoms with Gasteiger partial charge in [0.2, 0.25) is 5.90 Å². The molecule has 0 unspecified atom stereocenters. The number of ether oxygens (including phenoxy) is 2. The zero-order valence-electron chi connectivity index (χ0n) is 23.5. The van der Waals surface area contributed by atoms with Crippen molar-refractivity contribution in [3.05, 3.63) is 138 Å². The topological polar surface area (TPSA) is 80.2 Å². The van der Waals surface area contributed by atoms with E-state index in [1.54, 1.807) is 30.3 Å². The van der Waals surface area contributed by atoms with Crippen molar-refractivity contribution in [2.75, 3.05) is 13.2 Å². The molecule has 0 bridgehead atoms. The number of aliphatic hydroxyl groups excluding tert-OH is 1. The molecule has 0 aliphatic carbocycles. The van der Waals surface area contributed by atoms with Gasteiger partial charge in [0.1, 0.15) is 17.4 Å². The lowest BCUT2D eigenvalue weighted by Crippen LogP contribution is -2.48. The smallest absolute Gasteiger partial charge is 0.252 e. The van der Waals surface area contributed by atoms with Gasteiger partial charge in [-0.3, -0.25) is 4.79 Å². The molecule has 0 radical (unpaired) electrons. The number of carbonyl (C=O) groups excluding carboxylic acids is 1. The maximum atomic E-state index is 14.4. The zero-order valence-corrected chi connectivity index (χ0v) is 23.5. The van der Waals surface area contributed by atoms with E-state index < -0.39 is 29.2 Å². The summed E-state index contributed by atoms with van der Waals surface area (Å²) in [6, 6.07) is 28.2. The number of halogens is 2. The van der Waals surface area contributed by atoms with Crippen molar-refractivity contribution in [1.29, 1.82) is 0 Å². The number of benzene rings is 4. The molecule has 43 heavy (non-hydrogen) atoms. The maximum absolute atomic E-state index is 14.4. The molecule has 1 amide bonds. The summed E-state index contributed by atoms with van der Waals surface area (Å²) >= 11 is 0. The summed E-state index contributed by atoms with van der Waals surface area (Å²) in [6.45, 7) is 3.92. The lowest BCUT2D eigenvalue weighted by Gasteiger charge is -2.30. The number of aliphatic hydroxyl groups is 1. The molecule has 220 valence electrons. The predicted octanol–water partition coefficient (Wildman–Crippen LogP) is 6.54. The monoisotopic (exact) mass is 582 g/mol. The van der Waals surface area contributed by atoms with E-state index in [2.05, 4.69) is 11.9 Å². The van der Waals surface area contributed by atoms with Crippen LogP contribution in [0.4, 0.5) is 8.78 Å². The van der Waals surface area contributed by atoms with Crippen LogP contribution >= 0.6 is 0 Å². The highest BCUT2D eigenvalue weighted by Gasteiger charge is 2.52. The van der Waals surface area contributed by atoms with Gasteiger partial charge in [-0.05, 0) is 53.1 Å². The molecule has 6 nitrogen and oxygen atoms in total. The number of nitrogens with zero attached hydrogens (tertiary/aromatic N) is 1.